The molecule has 2 N–H and O–H groups in total. The summed E-state index contributed by atoms with van der Waals surface area (Å²) < 4.78 is 5.43. The first kappa shape index (κ1) is 14.8. The van der Waals surface area contributed by atoms with Crippen molar-refractivity contribution >= 4 is 0 Å². The van der Waals surface area contributed by atoms with Gasteiger partial charge in [-0.25, -0.2) is 0 Å². The summed E-state index contributed by atoms with van der Waals surface area (Å²) in [5.74, 6) is 0.601. The lowest BCUT2D eigenvalue weighted by atomic mass is 9.99. The molecule has 0 unspecified atom stereocenters. The highest BCUT2D eigenvalue weighted by molar-refractivity contribution is 5.71. The van der Waals surface area contributed by atoms with E-state index in [1.807, 2.05) is 13.0 Å². The van der Waals surface area contributed by atoms with Gasteiger partial charge < -0.3 is 14.8 Å². The number of aliphatic hydroxyl groups is 1. The Morgan fingerprint density at radius 1 is 1.38 bits per heavy atom. The second kappa shape index (κ2) is 6.25. The molecule has 0 saturated heterocycles. The molecule has 0 radical (unpaired) electrons. The fraction of sp³-hybridized carbons (Fsp3) is 0.250. The minimum atomic E-state index is -0.410. The number of pyridine rings is 1. The van der Waals surface area contributed by atoms with Crippen LogP contribution < -0.4 is 10.3 Å². The lowest BCUT2D eigenvalue weighted by molar-refractivity contribution is 0.267. The van der Waals surface area contributed by atoms with Gasteiger partial charge in [0, 0.05) is 16.8 Å². The van der Waals surface area contributed by atoms with Gasteiger partial charge in [-0.1, -0.05) is 6.07 Å². The number of hydrogen-bond acceptors (Lipinski definition) is 4. The molecule has 0 aliphatic carbocycles. The average Bonchev–Trinajstić information content (AvgIpc) is 2.47. The van der Waals surface area contributed by atoms with E-state index in [0.29, 0.717) is 34.7 Å². The second-order valence-corrected chi connectivity index (χ2v) is 4.60. The van der Waals surface area contributed by atoms with Crippen LogP contribution in [0.3, 0.4) is 0 Å². The van der Waals surface area contributed by atoms with Crippen LogP contribution in [0.2, 0.25) is 0 Å². The topological polar surface area (TPSA) is 86.1 Å². The van der Waals surface area contributed by atoms with Crippen molar-refractivity contribution in [3.63, 3.8) is 0 Å². The van der Waals surface area contributed by atoms with E-state index < -0.39 is 5.56 Å². The maximum atomic E-state index is 11.8. The predicted molar refractivity (Wildman–Crippen MR) is 79.0 cm³/mol. The maximum absolute atomic E-state index is 11.8. The fourth-order valence-electron chi connectivity index (χ4n) is 2.19. The number of aryl methyl sites for hydroxylation is 1. The standard InChI is InChI=1S/C16H16N2O3/c1-3-21-15-5-4-11(7-12(15)9-19)13-6-10(2)18-16(20)14(13)8-17/h4-7,19H,3,9H2,1-2H3,(H,18,20). The fourth-order valence-corrected chi connectivity index (χ4v) is 2.19. The minimum absolute atomic E-state index is 0.0636. The van der Waals surface area contributed by atoms with E-state index in [-0.39, 0.29) is 12.2 Å². The van der Waals surface area contributed by atoms with Crippen molar-refractivity contribution in [3.05, 3.63) is 51.4 Å². The molecule has 0 fully saturated rings. The maximum Gasteiger partial charge on any atom is 0.266 e. The van der Waals surface area contributed by atoms with E-state index in [2.05, 4.69) is 4.98 Å². The molecule has 2 aromatic rings. The van der Waals surface area contributed by atoms with Crippen molar-refractivity contribution in [2.24, 2.45) is 0 Å². The quantitative estimate of drug-likeness (QED) is 0.900. The Morgan fingerprint density at radius 2 is 2.14 bits per heavy atom. The largest absolute Gasteiger partial charge is 0.494 e. The van der Waals surface area contributed by atoms with Crippen LogP contribution in [0.25, 0.3) is 11.1 Å². The van der Waals surface area contributed by atoms with Gasteiger partial charge in [0.05, 0.1) is 13.2 Å². The van der Waals surface area contributed by atoms with Crippen LogP contribution in [0.1, 0.15) is 23.7 Å². The van der Waals surface area contributed by atoms with Crippen molar-refractivity contribution in [2.75, 3.05) is 6.61 Å². The highest BCUT2D eigenvalue weighted by Gasteiger charge is 2.12. The molecule has 2 rings (SSSR count). The molecule has 0 amide bonds. The van der Waals surface area contributed by atoms with Crippen molar-refractivity contribution < 1.29 is 9.84 Å². The highest BCUT2D eigenvalue weighted by Crippen LogP contribution is 2.28. The Kier molecular flexibility index (Phi) is 4.41. The molecule has 21 heavy (non-hydrogen) atoms. The Bertz CT molecular complexity index is 757. The van der Waals surface area contributed by atoms with Crippen LogP contribution in [-0.2, 0) is 6.61 Å². The molecule has 5 nitrogen and oxygen atoms in total. The van der Waals surface area contributed by atoms with Gasteiger partial charge in [-0.05, 0) is 37.6 Å². The summed E-state index contributed by atoms with van der Waals surface area (Å²) in [4.78, 5) is 14.4. The summed E-state index contributed by atoms with van der Waals surface area (Å²) in [5, 5.41) is 18.6. The zero-order chi connectivity index (χ0) is 15.4. The molecule has 5 heteroatoms. The van der Waals surface area contributed by atoms with Gasteiger partial charge in [0.2, 0.25) is 0 Å². The van der Waals surface area contributed by atoms with Gasteiger partial charge in [-0.3, -0.25) is 4.79 Å². The Labute approximate surface area is 122 Å². The minimum Gasteiger partial charge on any atom is -0.494 e. The lowest BCUT2D eigenvalue weighted by Crippen LogP contribution is -2.12. The molecule has 0 atom stereocenters. The normalized spacial score (nSPS) is 10.2. The summed E-state index contributed by atoms with van der Waals surface area (Å²) in [7, 11) is 0. The van der Waals surface area contributed by atoms with Crippen LogP contribution in [0.15, 0.2) is 29.1 Å². The van der Waals surface area contributed by atoms with Crippen molar-refractivity contribution in [1.82, 2.24) is 4.98 Å². The average molecular weight is 284 g/mol. The number of aliphatic hydroxyl groups excluding tert-OH is 1. The van der Waals surface area contributed by atoms with Crippen LogP contribution in [0.4, 0.5) is 0 Å². The number of benzene rings is 1. The van der Waals surface area contributed by atoms with Gasteiger partial charge in [-0.2, -0.15) is 5.26 Å². The Morgan fingerprint density at radius 3 is 2.76 bits per heavy atom. The van der Waals surface area contributed by atoms with Crippen molar-refractivity contribution in [1.29, 1.82) is 5.26 Å². The summed E-state index contributed by atoms with van der Waals surface area (Å²) in [6, 6.07) is 8.93. The van der Waals surface area contributed by atoms with Crippen molar-refractivity contribution in [3.8, 4) is 22.9 Å². The van der Waals surface area contributed by atoms with E-state index in [1.165, 1.54) is 0 Å². The number of aromatic amines is 1. The number of nitriles is 1. The number of hydrogen-bond donors (Lipinski definition) is 2. The van der Waals surface area contributed by atoms with Crippen LogP contribution in [-0.4, -0.2) is 16.7 Å². The molecule has 0 saturated carbocycles. The molecule has 0 bridgehead atoms. The zero-order valence-corrected chi connectivity index (χ0v) is 11.9. The first-order chi connectivity index (χ1) is 10.1. The molecule has 108 valence electrons. The van der Waals surface area contributed by atoms with E-state index in [9.17, 15) is 15.2 Å². The highest BCUT2D eigenvalue weighted by atomic mass is 16.5. The van der Waals surface area contributed by atoms with Gasteiger partial charge in [-0.15, -0.1) is 0 Å². The van der Waals surface area contributed by atoms with Crippen LogP contribution >= 0.6 is 0 Å². The predicted octanol–water partition coefficient (Wildman–Crippen LogP) is 2.11. The number of nitrogens with zero attached hydrogens (tertiary/aromatic N) is 1. The summed E-state index contributed by atoms with van der Waals surface area (Å²) >= 11 is 0. The van der Waals surface area contributed by atoms with E-state index in [0.717, 1.165) is 0 Å². The summed E-state index contributed by atoms with van der Waals surface area (Å²) in [6.45, 7) is 3.95. The second-order valence-electron chi connectivity index (χ2n) is 4.60. The first-order valence-electron chi connectivity index (χ1n) is 6.61. The van der Waals surface area contributed by atoms with E-state index in [4.69, 9.17) is 4.74 Å². The third-order valence-corrected chi connectivity index (χ3v) is 3.12. The number of H-pyrrole nitrogens is 1. The SMILES string of the molecule is CCOc1ccc(-c2cc(C)[nH]c(=O)c2C#N)cc1CO. The molecular formula is C16H16N2O3. The molecular weight excluding hydrogens is 268 g/mol. The molecule has 1 aromatic heterocycles. The molecule has 1 heterocycles. The Hall–Kier alpha value is -2.58. The number of aromatic nitrogens is 1. The molecule has 1 aromatic carbocycles. The number of nitrogens with one attached hydrogen (secondary N) is 1. The van der Waals surface area contributed by atoms with Crippen LogP contribution in [0.5, 0.6) is 5.75 Å². The van der Waals surface area contributed by atoms with Gasteiger partial charge in [0.1, 0.15) is 17.4 Å². The molecule has 0 aliphatic heterocycles. The van der Waals surface area contributed by atoms with Crippen molar-refractivity contribution in [2.45, 2.75) is 20.5 Å². The van der Waals surface area contributed by atoms with E-state index in [1.54, 1.807) is 31.2 Å². The summed E-state index contributed by atoms with van der Waals surface area (Å²) in [6.07, 6.45) is 0. The number of ether oxygens (including phenoxy) is 1. The first-order valence-corrected chi connectivity index (χ1v) is 6.61. The number of rotatable bonds is 4. The third kappa shape index (κ3) is 2.96. The van der Waals surface area contributed by atoms with E-state index >= 15 is 0 Å². The third-order valence-electron chi connectivity index (χ3n) is 3.12. The molecule has 0 spiro atoms. The lowest BCUT2D eigenvalue weighted by Gasteiger charge is -2.11. The summed E-state index contributed by atoms with van der Waals surface area (Å²) in [5.41, 5.74) is 2.20. The zero-order valence-electron chi connectivity index (χ0n) is 11.9. The Balaban J connectivity index is 2.63. The molecule has 0 aliphatic rings. The van der Waals surface area contributed by atoms with Gasteiger partial charge in [0.15, 0.2) is 0 Å². The monoisotopic (exact) mass is 284 g/mol. The van der Waals surface area contributed by atoms with Gasteiger partial charge in [0.25, 0.3) is 5.56 Å². The van der Waals surface area contributed by atoms with Crippen LogP contribution in [0, 0.1) is 18.3 Å². The smallest absolute Gasteiger partial charge is 0.266 e. The van der Waals surface area contributed by atoms with Gasteiger partial charge >= 0.3 is 0 Å².